The Labute approximate surface area is 177 Å². The fourth-order valence-corrected chi connectivity index (χ4v) is 3.24. The number of pyridine rings is 1. The van der Waals surface area contributed by atoms with E-state index in [2.05, 4.69) is 10.4 Å². The van der Waals surface area contributed by atoms with Gasteiger partial charge in [0.1, 0.15) is 11.6 Å². The zero-order valence-electron chi connectivity index (χ0n) is 16.8. The number of hydrogen-bond donors (Lipinski definition) is 1. The lowest BCUT2D eigenvalue weighted by molar-refractivity contribution is 0.192. The van der Waals surface area contributed by atoms with Crippen LogP contribution in [0.4, 0.5) is 14.5 Å². The summed E-state index contributed by atoms with van der Waals surface area (Å²) in [5.74, 6) is 0.0784. The maximum atomic E-state index is 13.2. The summed E-state index contributed by atoms with van der Waals surface area (Å²) in [6.07, 6.45) is 5.30. The predicted molar refractivity (Wildman–Crippen MR) is 115 cm³/mol. The first-order valence-electron chi connectivity index (χ1n) is 9.57. The maximum Gasteiger partial charge on any atom is 0.257 e. The van der Waals surface area contributed by atoms with E-state index in [1.807, 2.05) is 13.2 Å². The van der Waals surface area contributed by atoms with E-state index in [0.29, 0.717) is 23.7 Å². The number of ether oxygens (including phenoxy) is 1. The average molecular weight is 422 g/mol. The van der Waals surface area contributed by atoms with Crippen molar-refractivity contribution in [2.45, 2.75) is 6.54 Å². The topological polar surface area (TPSA) is 61.1 Å². The third kappa shape index (κ3) is 4.63. The Morgan fingerprint density at radius 3 is 2.45 bits per heavy atom. The van der Waals surface area contributed by atoms with Gasteiger partial charge in [-0.2, -0.15) is 5.10 Å². The quantitative estimate of drug-likeness (QED) is 0.483. The van der Waals surface area contributed by atoms with Crippen molar-refractivity contribution in [3.05, 3.63) is 94.9 Å². The molecule has 4 aromatic rings. The highest BCUT2D eigenvalue weighted by Gasteiger charge is 2.12. The minimum atomic E-state index is -0.918. The summed E-state index contributed by atoms with van der Waals surface area (Å²) in [5.41, 5.74) is 3.50. The number of benzene rings is 2. The zero-order chi connectivity index (χ0) is 21.8. The second kappa shape index (κ2) is 8.83. The van der Waals surface area contributed by atoms with Gasteiger partial charge in [0.2, 0.25) is 6.86 Å². The van der Waals surface area contributed by atoms with E-state index in [1.54, 1.807) is 53.5 Å². The molecule has 8 heteroatoms. The Morgan fingerprint density at radius 1 is 1.06 bits per heavy atom. The number of aryl methyl sites for hydroxylation is 1. The molecule has 0 aliphatic carbocycles. The van der Waals surface area contributed by atoms with Crippen LogP contribution in [0, 0.1) is 5.82 Å². The van der Waals surface area contributed by atoms with Crippen LogP contribution in [0.3, 0.4) is 0 Å². The standard InChI is InChI=1S/C23H20F2N4O2/c1-28-13-17(12-27-28)21-14-29(19-6-8-20(9-7-19)31-15-24)23(30)10-22(21)26-11-16-2-4-18(25)5-3-16/h2-10,12-14,26H,11,15H2,1H3. The van der Waals surface area contributed by atoms with E-state index in [-0.39, 0.29) is 11.4 Å². The molecule has 0 atom stereocenters. The van der Waals surface area contributed by atoms with Crippen LogP contribution >= 0.6 is 0 Å². The average Bonchev–Trinajstić information content (AvgIpc) is 3.20. The molecule has 0 saturated carbocycles. The van der Waals surface area contributed by atoms with Gasteiger partial charge >= 0.3 is 0 Å². The summed E-state index contributed by atoms with van der Waals surface area (Å²) in [7, 11) is 1.81. The highest BCUT2D eigenvalue weighted by molar-refractivity contribution is 5.76. The SMILES string of the molecule is Cn1cc(-c2cn(-c3ccc(OCF)cc3)c(=O)cc2NCc2ccc(F)cc2)cn1. The molecule has 0 fully saturated rings. The molecule has 0 saturated heterocycles. The predicted octanol–water partition coefficient (Wildman–Crippen LogP) is 4.30. The van der Waals surface area contributed by atoms with Crippen LogP contribution in [-0.4, -0.2) is 21.2 Å². The fourth-order valence-electron chi connectivity index (χ4n) is 3.24. The summed E-state index contributed by atoms with van der Waals surface area (Å²) in [6.45, 7) is -0.495. The van der Waals surface area contributed by atoms with Gasteiger partial charge in [0.25, 0.3) is 5.56 Å². The Morgan fingerprint density at radius 2 is 1.81 bits per heavy atom. The number of nitrogens with one attached hydrogen (secondary N) is 1. The van der Waals surface area contributed by atoms with Gasteiger partial charge in [-0.25, -0.2) is 8.78 Å². The molecular weight excluding hydrogens is 402 g/mol. The van der Waals surface area contributed by atoms with Crippen molar-refractivity contribution >= 4 is 5.69 Å². The molecule has 0 unspecified atom stereocenters. The molecule has 2 aromatic carbocycles. The molecule has 31 heavy (non-hydrogen) atoms. The van der Waals surface area contributed by atoms with Crippen LogP contribution in [0.1, 0.15) is 5.56 Å². The second-order valence-corrected chi connectivity index (χ2v) is 6.94. The smallest absolute Gasteiger partial charge is 0.257 e. The normalized spacial score (nSPS) is 10.8. The molecule has 0 amide bonds. The van der Waals surface area contributed by atoms with Gasteiger partial charge in [-0.3, -0.25) is 14.0 Å². The monoisotopic (exact) mass is 422 g/mol. The zero-order valence-corrected chi connectivity index (χ0v) is 16.8. The van der Waals surface area contributed by atoms with Gasteiger partial charge in [-0.1, -0.05) is 12.1 Å². The number of alkyl halides is 1. The van der Waals surface area contributed by atoms with E-state index in [0.717, 1.165) is 16.7 Å². The summed E-state index contributed by atoms with van der Waals surface area (Å²) < 4.78 is 33.5. The van der Waals surface area contributed by atoms with E-state index >= 15 is 0 Å². The molecule has 2 heterocycles. The highest BCUT2D eigenvalue weighted by atomic mass is 19.1. The van der Waals surface area contributed by atoms with Crippen molar-refractivity contribution in [2.24, 2.45) is 7.05 Å². The number of hydrogen-bond acceptors (Lipinski definition) is 4. The van der Waals surface area contributed by atoms with Crippen molar-refractivity contribution in [1.29, 1.82) is 0 Å². The lowest BCUT2D eigenvalue weighted by atomic mass is 10.1. The first-order valence-corrected chi connectivity index (χ1v) is 9.57. The van der Waals surface area contributed by atoms with Crippen molar-refractivity contribution < 1.29 is 13.5 Å². The number of anilines is 1. The summed E-state index contributed by atoms with van der Waals surface area (Å²) >= 11 is 0. The van der Waals surface area contributed by atoms with Gasteiger partial charge in [0, 0.05) is 54.6 Å². The van der Waals surface area contributed by atoms with Gasteiger partial charge in [-0.15, -0.1) is 0 Å². The summed E-state index contributed by atoms with van der Waals surface area (Å²) in [4.78, 5) is 12.9. The van der Waals surface area contributed by atoms with Crippen LogP contribution < -0.4 is 15.6 Å². The number of aromatic nitrogens is 3. The Balaban J connectivity index is 1.71. The van der Waals surface area contributed by atoms with Gasteiger partial charge in [0.05, 0.1) is 6.20 Å². The van der Waals surface area contributed by atoms with Crippen LogP contribution in [0.15, 0.2) is 78.0 Å². The molecule has 0 bridgehead atoms. The van der Waals surface area contributed by atoms with Gasteiger partial charge in [-0.05, 0) is 42.0 Å². The molecule has 2 aromatic heterocycles. The lowest BCUT2D eigenvalue weighted by Crippen LogP contribution is -2.18. The molecule has 158 valence electrons. The van der Waals surface area contributed by atoms with E-state index in [9.17, 15) is 13.6 Å². The number of halogens is 2. The van der Waals surface area contributed by atoms with Crippen LogP contribution in [0.25, 0.3) is 16.8 Å². The maximum absolute atomic E-state index is 13.2. The van der Waals surface area contributed by atoms with Crippen LogP contribution in [-0.2, 0) is 13.6 Å². The molecular formula is C23H20F2N4O2. The van der Waals surface area contributed by atoms with Gasteiger partial charge in [0.15, 0.2) is 0 Å². The fraction of sp³-hybridized carbons (Fsp3) is 0.130. The lowest BCUT2D eigenvalue weighted by Gasteiger charge is -2.15. The van der Waals surface area contributed by atoms with Crippen LogP contribution in [0.5, 0.6) is 5.75 Å². The highest BCUT2D eigenvalue weighted by Crippen LogP contribution is 2.28. The van der Waals surface area contributed by atoms with Gasteiger partial charge < -0.3 is 10.1 Å². The first kappa shape index (κ1) is 20.3. The Bertz CT molecular complexity index is 1230. The van der Waals surface area contributed by atoms with E-state index in [4.69, 9.17) is 4.74 Å². The molecule has 4 rings (SSSR count). The molecule has 0 aliphatic rings. The number of nitrogens with zero attached hydrogens (tertiary/aromatic N) is 3. The van der Waals surface area contributed by atoms with Crippen molar-refractivity contribution in [3.8, 4) is 22.6 Å². The summed E-state index contributed by atoms with van der Waals surface area (Å²) in [5, 5.41) is 7.49. The minimum Gasteiger partial charge on any atom is -0.463 e. The Hall–Kier alpha value is -3.94. The van der Waals surface area contributed by atoms with E-state index < -0.39 is 6.86 Å². The molecule has 0 aliphatic heterocycles. The molecule has 1 N–H and O–H groups in total. The minimum absolute atomic E-state index is 0.242. The second-order valence-electron chi connectivity index (χ2n) is 6.94. The van der Waals surface area contributed by atoms with Crippen molar-refractivity contribution in [3.63, 3.8) is 0 Å². The summed E-state index contributed by atoms with van der Waals surface area (Å²) in [6, 6.07) is 14.3. The molecule has 6 nitrogen and oxygen atoms in total. The molecule has 0 radical (unpaired) electrons. The van der Waals surface area contributed by atoms with Crippen LogP contribution in [0.2, 0.25) is 0 Å². The third-order valence-electron chi connectivity index (χ3n) is 4.80. The third-order valence-corrected chi connectivity index (χ3v) is 4.80. The first-order chi connectivity index (χ1) is 15.0. The van der Waals surface area contributed by atoms with E-state index in [1.165, 1.54) is 22.8 Å². The largest absolute Gasteiger partial charge is 0.463 e. The Kier molecular flexibility index (Phi) is 5.79. The van der Waals surface area contributed by atoms with Crippen molar-refractivity contribution in [1.82, 2.24) is 14.3 Å². The van der Waals surface area contributed by atoms with Crippen molar-refractivity contribution in [2.75, 3.05) is 12.2 Å². The number of rotatable bonds is 7. The molecule has 0 spiro atoms.